The van der Waals surface area contributed by atoms with Crippen molar-refractivity contribution >= 4 is 11.9 Å². The van der Waals surface area contributed by atoms with E-state index in [1.165, 1.54) is 0 Å². The van der Waals surface area contributed by atoms with Crippen LogP contribution in [0.1, 0.15) is 33.1 Å². The van der Waals surface area contributed by atoms with Gasteiger partial charge in [0.1, 0.15) is 6.54 Å². The minimum atomic E-state index is -0.316. The van der Waals surface area contributed by atoms with Crippen LogP contribution in [0.3, 0.4) is 0 Å². The Bertz CT molecular complexity index is 264. The van der Waals surface area contributed by atoms with E-state index in [1.54, 1.807) is 11.8 Å². The van der Waals surface area contributed by atoms with Crippen LogP contribution in [0.15, 0.2) is 0 Å². The summed E-state index contributed by atoms with van der Waals surface area (Å²) in [7, 11) is 0. The largest absolute Gasteiger partial charge is 0.465 e. The molecule has 0 heterocycles. The number of amides is 1. The van der Waals surface area contributed by atoms with Crippen molar-refractivity contribution < 1.29 is 14.3 Å². The molecule has 0 aromatic carbocycles. The molecule has 1 fully saturated rings. The molecule has 0 aromatic heterocycles. The highest BCUT2D eigenvalue weighted by Crippen LogP contribution is 2.26. The molecule has 98 valence electrons. The molecule has 5 nitrogen and oxygen atoms in total. The number of carbonyl (C=O) groups excluding carboxylic acids is 2. The Kier molecular flexibility index (Phi) is 5.97. The van der Waals surface area contributed by atoms with Crippen LogP contribution in [0.2, 0.25) is 0 Å². The highest BCUT2D eigenvalue weighted by atomic mass is 16.5. The molecule has 1 amide bonds. The Morgan fingerprint density at radius 2 is 2.06 bits per heavy atom. The summed E-state index contributed by atoms with van der Waals surface area (Å²) in [5.41, 5.74) is 0. The van der Waals surface area contributed by atoms with Crippen molar-refractivity contribution in [3.63, 3.8) is 0 Å². The maximum Gasteiger partial charge on any atom is 0.325 e. The average molecular weight is 242 g/mol. The molecule has 1 saturated carbocycles. The summed E-state index contributed by atoms with van der Waals surface area (Å²) in [5, 5.41) is 3.06. The zero-order valence-electron chi connectivity index (χ0n) is 10.7. The summed E-state index contributed by atoms with van der Waals surface area (Å²) in [6.45, 7) is 5.40. The molecule has 0 unspecified atom stereocenters. The predicted molar refractivity (Wildman–Crippen MR) is 64.5 cm³/mol. The Morgan fingerprint density at radius 1 is 1.35 bits per heavy atom. The first-order valence-electron chi connectivity index (χ1n) is 6.34. The van der Waals surface area contributed by atoms with Crippen LogP contribution in [0.25, 0.3) is 0 Å². The summed E-state index contributed by atoms with van der Waals surface area (Å²) in [6, 6.07) is 0.246. The maximum atomic E-state index is 11.9. The third-order valence-corrected chi connectivity index (χ3v) is 2.62. The third kappa shape index (κ3) is 5.17. The fourth-order valence-corrected chi connectivity index (χ4v) is 1.63. The molecule has 17 heavy (non-hydrogen) atoms. The second-order valence-corrected chi connectivity index (χ2v) is 4.23. The van der Waals surface area contributed by atoms with Gasteiger partial charge in [0.05, 0.1) is 13.2 Å². The SMILES string of the molecule is CCCNCC(=O)N(CC(=O)OCC)C1CC1. The number of carbonyl (C=O) groups is 2. The van der Waals surface area contributed by atoms with Crippen LogP contribution in [0.4, 0.5) is 0 Å². The van der Waals surface area contributed by atoms with Gasteiger partial charge < -0.3 is 15.0 Å². The first kappa shape index (κ1) is 14.0. The average Bonchev–Trinajstić information content (AvgIpc) is 3.10. The van der Waals surface area contributed by atoms with Crippen molar-refractivity contribution in [2.24, 2.45) is 0 Å². The first-order valence-corrected chi connectivity index (χ1v) is 6.34. The smallest absolute Gasteiger partial charge is 0.325 e. The summed E-state index contributed by atoms with van der Waals surface area (Å²) in [4.78, 5) is 24.9. The van der Waals surface area contributed by atoms with E-state index in [0.717, 1.165) is 25.8 Å². The highest BCUT2D eigenvalue weighted by molar-refractivity contribution is 5.84. The van der Waals surface area contributed by atoms with Crippen LogP contribution in [0, 0.1) is 0 Å². The molecule has 0 aliphatic heterocycles. The van der Waals surface area contributed by atoms with Gasteiger partial charge in [0, 0.05) is 6.04 Å². The standard InChI is InChI=1S/C12H22N2O3/c1-3-7-13-8-11(15)14(10-5-6-10)9-12(16)17-4-2/h10,13H,3-9H2,1-2H3. The van der Waals surface area contributed by atoms with Gasteiger partial charge in [-0.15, -0.1) is 0 Å². The van der Waals surface area contributed by atoms with Gasteiger partial charge in [0.15, 0.2) is 0 Å². The number of hydrogen-bond donors (Lipinski definition) is 1. The summed E-state index contributed by atoms with van der Waals surface area (Å²) in [5.74, 6) is -0.322. The molecule has 5 heteroatoms. The lowest BCUT2D eigenvalue weighted by atomic mass is 10.4. The van der Waals surface area contributed by atoms with E-state index in [4.69, 9.17) is 4.74 Å². The van der Waals surface area contributed by atoms with Crippen molar-refractivity contribution in [1.29, 1.82) is 0 Å². The van der Waals surface area contributed by atoms with Crippen LogP contribution in [-0.2, 0) is 14.3 Å². The molecule has 0 saturated heterocycles. The quantitative estimate of drug-likeness (QED) is 0.498. The zero-order chi connectivity index (χ0) is 12.7. The molecule has 1 N–H and O–H groups in total. The number of esters is 1. The van der Waals surface area contributed by atoms with E-state index in [1.807, 2.05) is 0 Å². The van der Waals surface area contributed by atoms with Gasteiger partial charge in [-0.05, 0) is 32.7 Å². The van der Waals surface area contributed by atoms with Gasteiger partial charge in [0.25, 0.3) is 0 Å². The van der Waals surface area contributed by atoms with Gasteiger partial charge in [0.2, 0.25) is 5.91 Å². The van der Waals surface area contributed by atoms with Crippen molar-refractivity contribution in [2.45, 2.75) is 39.2 Å². The van der Waals surface area contributed by atoms with E-state index >= 15 is 0 Å². The molecular formula is C12H22N2O3. The second kappa shape index (κ2) is 7.27. The lowest BCUT2D eigenvalue weighted by Gasteiger charge is -2.21. The van der Waals surface area contributed by atoms with Crippen molar-refractivity contribution in [2.75, 3.05) is 26.2 Å². The van der Waals surface area contributed by atoms with Crippen LogP contribution >= 0.6 is 0 Å². The number of hydrogen-bond acceptors (Lipinski definition) is 4. The summed E-state index contributed by atoms with van der Waals surface area (Å²) >= 11 is 0. The van der Waals surface area contributed by atoms with Gasteiger partial charge in [-0.1, -0.05) is 6.92 Å². The number of nitrogens with zero attached hydrogens (tertiary/aromatic N) is 1. The zero-order valence-corrected chi connectivity index (χ0v) is 10.7. The number of ether oxygens (including phenoxy) is 1. The molecular weight excluding hydrogens is 220 g/mol. The van der Waals surface area contributed by atoms with Gasteiger partial charge in [-0.3, -0.25) is 9.59 Å². The van der Waals surface area contributed by atoms with Crippen LogP contribution in [-0.4, -0.2) is 49.1 Å². The van der Waals surface area contributed by atoms with Crippen molar-refractivity contribution in [3.8, 4) is 0 Å². The molecule has 0 bridgehead atoms. The molecule has 0 spiro atoms. The van der Waals surface area contributed by atoms with E-state index in [-0.39, 0.29) is 24.5 Å². The van der Waals surface area contributed by atoms with E-state index in [0.29, 0.717) is 13.2 Å². The van der Waals surface area contributed by atoms with Crippen LogP contribution in [0.5, 0.6) is 0 Å². The van der Waals surface area contributed by atoms with Gasteiger partial charge >= 0.3 is 5.97 Å². The van der Waals surface area contributed by atoms with Crippen molar-refractivity contribution in [3.05, 3.63) is 0 Å². The lowest BCUT2D eigenvalue weighted by Crippen LogP contribution is -2.43. The van der Waals surface area contributed by atoms with Gasteiger partial charge in [-0.25, -0.2) is 0 Å². The fraction of sp³-hybridized carbons (Fsp3) is 0.833. The predicted octanol–water partition coefficient (Wildman–Crippen LogP) is 0.540. The van der Waals surface area contributed by atoms with E-state index in [9.17, 15) is 9.59 Å². The van der Waals surface area contributed by atoms with E-state index in [2.05, 4.69) is 12.2 Å². The minimum absolute atomic E-state index is 0.00555. The molecule has 1 rings (SSSR count). The van der Waals surface area contributed by atoms with Gasteiger partial charge in [-0.2, -0.15) is 0 Å². The molecule has 0 atom stereocenters. The highest BCUT2D eigenvalue weighted by Gasteiger charge is 2.33. The fourth-order valence-electron chi connectivity index (χ4n) is 1.63. The topological polar surface area (TPSA) is 58.6 Å². The summed E-state index contributed by atoms with van der Waals surface area (Å²) < 4.78 is 4.87. The number of nitrogens with one attached hydrogen (secondary N) is 1. The molecule has 0 radical (unpaired) electrons. The third-order valence-electron chi connectivity index (χ3n) is 2.62. The Morgan fingerprint density at radius 3 is 2.59 bits per heavy atom. The molecule has 1 aliphatic rings. The Balaban J connectivity index is 2.36. The lowest BCUT2D eigenvalue weighted by molar-refractivity contribution is -0.149. The monoisotopic (exact) mass is 242 g/mol. The summed E-state index contributed by atoms with van der Waals surface area (Å²) in [6.07, 6.45) is 2.99. The van der Waals surface area contributed by atoms with E-state index < -0.39 is 0 Å². The maximum absolute atomic E-state index is 11.9. The number of rotatable bonds is 8. The molecule has 0 aromatic rings. The van der Waals surface area contributed by atoms with Crippen molar-refractivity contribution in [1.82, 2.24) is 10.2 Å². The Hall–Kier alpha value is -1.10. The van der Waals surface area contributed by atoms with Crippen LogP contribution < -0.4 is 5.32 Å². The molecule has 1 aliphatic carbocycles. The normalized spacial score (nSPS) is 14.5. The second-order valence-electron chi connectivity index (χ2n) is 4.23. The first-order chi connectivity index (χ1) is 8.19. The minimum Gasteiger partial charge on any atom is -0.465 e. The Labute approximate surface area is 102 Å².